The first kappa shape index (κ1) is 13.6. The van der Waals surface area contributed by atoms with Crippen molar-refractivity contribution in [1.82, 2.24) is 0 Å². The summed E-state index contributed by atoms with van der Waals surface area (Å²) in [6.07, 6.45) is 7.47. The molecule has 1 N–H and O–H groups in total. The summed E-state index contributed by atoms with van der Waals surface area (Å²) < 4.78 is 5.87. The van der Waals surface area contributed by atoms with E-state index in [4.69, 9.17) is 4.74 Å². The Labute approximate surface area is 134 Å². The van der Waals surface area contributed by atoms with Gasteiger partial charge in [-0.25, -0.2) is 9.59 Å². The smallest absolute Gasteiger partial charge is 0.339 e. The number of rotatable bonds is 3. The van der Waals surface area contributed by atoms with Crippen molar-refractivity contribution in [1.29, 1.82) is 0 Å². The topological polar surface area (TPSA) is 63.6 Å². The van der Waals surface area contributed by atoms with Crippen molar-refractivity contribution < 1.29 is 19.4 Å². The third-order valence-electron chi connectivity index (χ3n) is 6.99. The molecule has 4 nitrogen and oxygen atoms in total. The van der Waals surface area contributed by atoms with Gasteiger partial charge < -0.3 is 9.84 Å². The number of ether oxygens (including phenoxy) is 1. The van der Waals surface area contributed by atoms with E-state index in [-0.39, 0.29) is 17.2 Å². The molecule has 4 aliphatic rings. The van der Waals surface area contributed by atoms with Gasteiger partial charge in [0.15, 0.2) is 0 Å². The fourth-order valence-electron chi connectivity index (χ4n) is 5.89. The molecule has 4 fully saturated rings. The number of esters is 1. The first-order valence-corrected chi connectivity index (χ1v) is 8.59. The van der Waals surface area contributed by atoms with Crippen LogP contribution in [0, 0.1) is 22.7 Å². The second kappa shape index (κ2) is 4.16. The predicted molar refractivity (Wildman–Crippen MR) is 82.2 cm³/mol. The highest BCUT2D eigenvalue weighted by Crippen LogP contribution is 2.82. The molecule has 2 spiro atoms. The molecular weight excluding hydrogens is 292 g/mol. The summed E-state index contributed by atoms with van der Waals surface area (Å²) in [6.45, 7) is 0. The number of fused-ring (bicyclic) bond motifs is 1. The first-order valence-electron chi connectivity index (χ1n) is 8.59. The van der Waals surface area contributed by atoms with Gasteiger partial charge in [-0.3, -0.25) is 0 Å². The lowest BCUT2D eigenvalue weighted by Crippen LogP contribution is -2.32. The number of carbonyl (C=O) groups is 2. The summed E-state index contributed by atoms with van der Waals surface area (Å²) in [6, 6.07) is 6.34. The van der Waals surface area contributed by atoms with Gasteiger partial charge in [-0.15, -0.1) is 0 Å². The Balaban J connectivity index is 1.41. The van der Waals surface area contributed by atoms with Crippen LogP contribution in [0.25, 0.3) is 0 Å². The number of hydrogen-bond donors (Lipinski definition) is 1. The van der Waals surface area contributed by atoms with Crippen molar-refractivity contribution >= 4 is 11.9 Å². The van der Waals surface area contributed by atoms with Crippen LogP contribution in [-0.4, -0.2) is 23.1 Å². The van der Waals surface area contributed by atoms with Gasteiger partial charge in [-0.2, -0.15) is 0 Å². The maximum absolute atomic E-state index is 12.6. The summed E-state index contributed by atoms with van der Waals surface area (Å²) in [5, 5.41) is 9.26. The highest BCUT2D eigenvalue weighted by Gasteiger charge is 2.76. The number of benzene rings is 1. The Morgan fingerprint density at radius 1 is 1.09 bits per heavy atom. The van der Waals surface area contributed by atoms with Crippen molar-refractivity contribution in [2.24, 2.45) is 22.7 Å². The molecule has 0 radical (unpaired) electrons. The van der Waals surface area contributed by atoms with Crippen LogP contribution >= 0.6 is 0 Å². The lowest BCUT2D eigenvalue weighted by atomic mass is 9.82. The molecule has 4 heteroatoms. The Kier molecular flexibility index (Phi) is 2.46. The van der Waals surface area contributed by atoms with Crippen molar-refractivity contribution in [3.05, 3.63) is 35.4 Å². The number of carboxylic acid groups (broad SMARTS) is 1. The van der Waals surface area contributed by atoms with Crippen molar-refractivity contribution in [2.45, 2.75) is 44.6 Å². The van der Waals surface area contributed by atoms with Gasteiger partial charge in [0.2, 0.25) is 0 Å². The van der Waals surface area contributed by atoms with Crippen LogP contribution in [0.1, 0.15) is 59.2 Å². The number of carboxylic acids is 1. The third kappa shape index (κ3) is 1.72. The molecule has 0 saturated heterocycles. The van der Waals surface area contributed by atoms with E-state index in [2.05, 4.69) is 0 Å². The fourth-order valence-corrected chi connectivity index (χ4v) is 5.89. The molecule has 0 aromatic heterocycles. The Morgan fingerprint density at radius 2 is 1.78 bits per heavy atom. The van der Waals surface area contributed by atoms with E-state index in [0.717, 1.165) is 12.3 Å². The number of hydrogen-bond acceptors (Lipinski definition) is 3. The molecule has 1 aromatic carbocycles. The molecule has 0 amide bonds. The van der Waals surface area contributed by atoms with Gasteiger partial charge in [0, 0.05) is 5.92 Å². The SMILES string of the molecule is O=C(O)c1ccccc1C(=O)O[C@@H]1C[C@H]2CC3(CC3)[C@@H]1C21CC1. The van der Waals surface area contributed by atoms with E-state index >= 15 is 0 Å². The Bertz CT molecular complexity index is 714. The third-order valence-corrected chi connectivity index (χ3v) is 6.99. The van der Waals surface area contributed by atoms with E-state index in [0.29, 0.717) is 16.7 Å². The summed E-state index contributed by atoms with van der Waals surface area (Å²) >= 11 is 0. The van der Waals surface area contributed by atoms with Crippen LogP contribution < -0.4 is 0 Å². The van der Waals surface area contributed by atoms with Gasteiger partial charge >= 0.3 is 11.9 Å². The molecule has 120 valence electrons. The van der Waals surface area contributed by atoms with Crippen LogP contribution in [0.4, 0.5) is 0 Å². The Morgan fingerprint density at radius 3 is 2.35 bits per heavy atom. The summed E-state index contributed by atoms with van der Waals surface area (Å²) in [7, 11) is 0. The van der Waals surface area contributed by atoms with E-state index in [1.54, 1.807) is 18.2 Å². The molecule has 0 unspecified atom stereocenters. The molecule has 3 atom stereocenters. The lowest BCUT2D eigenvalue weighted by molar-refractivity contribution is -0.000697. The highest BCUT2D eigenvalue weighted by molar-refractivity contribution is 6.02. The average Bonchev–Trinajstić information content (AvgIpc) is 3.42. The maximum atomic E-state index is 12.6. The zero-order chi connectivity index (χ0) is 15.8. The number of carbonyl (C=O) groups excluding carboxylic acids is 1. The predicted octanol–water partition coefficient (Wildman–Crippen LogP) is 3.51. The molecule has 2 bridgehead atoms. The van der Waals surface area contributed by atoms with Crippen molar-refractivity contribution in [3.63, 3.8) is 0 Å². The van der Waals surface area contributed by atoms with Crippen LogP contribution in [-0.2, 0) is 4.74 Å². The molecule has 1 aromatic rings. The quantitative estimate of drug-likeness (QED) is 0.868. The van der Waals surface area contributed by atoms with Gasteiger partial charge in [0.05, 0.1) is 11.1 Å². The number of aromatic carboxylic acids is 1. The van der Waals surface area contributed by atoms with Gasteiger partial charge in [0.1, 0.15) is 6.10 Å². The highest BCUT2D eigenvalue weighted by atomic mass is 16.5. The van der Waals surface area contributed by atoms with Crippen LogP contribution in [0.2, 0.25) is 0 Å². The second-order valence-corrected chi connectivity index (χ2v) is 8.00. The monoisotopic (exact) mass is 312 g/mol. The Hall–Kier alpha value is -1.84. The average molecular weight is 312 g/mol. The van der Waals surface area contributed by atoms with Gasteiger partial charge in [-0.05, 0) is 67.4 Å². The minimum Gasteiger partial charge on any atom is -0.478 e. The van der Waals surface area contributed by atoms with E-state index < -0.39 is 11.9 Å². The maximum Gasteiger partial charge on any atom is 0.339 e. The standard InChI is InChI=1S/C19H20O4/c20-16(21)12-3-1-2-4-13(12)17(22)23-14-9-11-10-18(5-6-18)15(14)19(11)7-8-19/h1-4,11,14-15H,5-10H2,(H,20,21)/t11-,14+,15+/m0/s1. The van der Waals surface area contributed by atoms with Crippen LogP contribution in [0.15, 0.2) is 24.3 Å². The van der Waals surface area contributed by atoms with E-state index in [1.807, 2.05) is 0 Å². The van der Waals surface area contributed by atoms with Gasteiger partial charge in [-0.1, -0.05) is 12.1 Å². The fraction of sp³-hybridized carbons (Fsp3) is 0.579. The van der Waals surface area contributed by atoms with Crippen molar-refractivity contribution in [3.8, 4) is 0 Å². The van der Waals surface area contributed by atoms with Gasteiger partial charge in [0.25, 0.3) is 0 Å². The first-order chi connectivity index (χ1) is 11.1. The normalized spacial score (nSPS) is 33.8. The van der Waals surface area contributed by atoms with Crippen molar-refractivity contribution in [2.75, 3.05) is 0 Å². The molecule has 0 aliphatic heterocycles. The lowest BCUT2D eigenvalue weighted by Gasteiger charge is -2.30. The molecule has 4 aliphatic carbocycles. The second-order valence-electron chi connectivity index (χ2n) is 8.00. The molecule has 4 saturated carbocycles. The van der Waals surface area contributed by atoms with E-state index in [9.17, 15) is 14.7 Å². The summed E-state index contributed by atoms with van der Waals surface area (Å²) in [5.41, 5.74) is 1.13. The molecule has 0 heterocycles. The van der Waals surface area contributed by atoms with Crippen LogP contribution in [0.5, 0.6) is 0 Å². The van der Waals surface area contributed by atoms with E-state index in [1.165, 1.54) is 38.2 Å². The summed E-state index contributed by atoms with van der Waals surface area (Å²) in [5.74, 6) is -0.293. The molecule has 23 heavy (non-hydrogen) atoms. The summed E-state index contributed by atoms with van der Waals surface area (Å²) in [4.78, 5) is 23.9. The zero-order valence-corrected chi connectivity index (χ0v) is 13.0. The minimum absolute atomic E-state index is 0.00639. The molecule has 5 rings (SSSR count). The van der Waals surface area contributed by atoms with Crippen LogP contribution in [0.3, 0.4) is 0 Å². The zero-order valence-electron chi connectivity index (χ0n) is 13.0. The molecular formula is C19H20O4. The largest absolute Gasteiger partial charge is 0.478 e. The minimum atomic E-state index is -1.08.